The molecule has 0 aromatic carbocycles. The summed E-state index contributed by atoms with van der Waals surface area (Å²) in [7, 11) is 1.92. The molecule has 24 heavy (non-hydrogen) atoms. The zero-order valence-corrected chi connectivity index (χ0v) is 14.4. The summed E-state index contributed by atoms with van der Waals surface area (Å²) in [5.41, 5.74) is 2.11. The highest BCUT2D eigenvalue weighted by atomic mass is 16.5. The van der Waals surface area contributed by atoms with Crippen molar-refractivity contribution in [1.82, 2.24) is 30.1 Å². The molecule has 130 valence electrons. The molecule has 0 amide bonds. The lowest BCUT2D eigenvalue weighted by molar-refractivity contribution is 0.169. The summed E-state index contributed by atoms with van der Waals surface area (Å²) in [5.74, 6) is 0.974. The van der Waals surface area contributed by atoms with Crippen molar-refractivity contribution < 1.29 is 4.52 Å². The molecule has 0 spiro atoms. The van der Waals surface area contributed by atoms with Crippen LogP contribution in [0.1, 0.15) is 18.2 Å². The van der Waals surface area contributed by atoms with Crippen molar-refractivity contribution in [1.29, 1.82) is 0 Å². The van der Waals surface area contributed by atoms with Crippen LogP contribution in [0.2, 0.25) is 0 Å². The van der Waals surface area contributed by atoms with Gasteiger partial charge in [-0.1, -0.05) is 5.16 Å². The third-order valence-corrected chi connectivity index (χ3v) is 4.05. The van der Waals surface area contributed by atoms with Crippen molar-refractivity contribution in [2.75, 3.05) is 32.7 Å². The summed E-state index contributed by atoms with van der Waals surface area (Å²) in [4.78, 5) is 9.46. The van der Waals surface area contributed by atoms with Crippen LogP contribution in [-0.4, -0.2) is 63.4 Å². The minimum atomic E-state index is 0.648. The van der Waals surface area contributed by atoms with Crippen molar-refractivity contribution in [2.45, 2.75) is 20.0 Å². The number of aliphatic imine (C=N–C) groups is 1. The lowest BCUT2D eigenvalue weighted by atomic mass is 10.3. The van der Waals surface area contributed by atoms with Crippen molar-refractivity contribution in [3.63, 3.8) is 0 Å². The second-order valence-electron chi connectivity index (χ2n) is 5.95. The van der Waals surface area contributed by atoms with Gasteiger partial charge >= 0.3 is 0 Å². The predicted molar refractivity (Wildman–Crippen MR) is 91.4 cm³/mol. The van der Waals surface area contributed by atoms with Gasteiger partial charge in [-0.3, -0.25) is 9.58 Å². The molecule has 0 atom stereocenters. The van der Waals surface area contributed by atoms with Crippen molar-refractivity contribution in [3.05, 3.63) is 36.0 Å². The summed E-state index contributed by atoms with van der Waals surface area (Å²) < 4.78 is 6.71. The van der Waals surface area contributed by atoms with E-state index in [0.717, 1.165) is 56.5 Å². The van der Waals surface area contributed by atoms with Crippen molar-refractivity contribution in [2.24, 2.45) is 12.0 Å². The van der Waals surface area contributed by atoms with Crippen molar-refractivity contribution >= 4 is 5.96 Å². The lowest BCUT2D eigenvalue weighted by Crippen LogP contribution is -2.52. The molecule has 8 heteroatoms. The molecule has 1 fully saturated rings. The SMILES string of the molecule is CCNC(=NCc1cnn(C)c1)N1CCN(Cc2ccon2)CC1. The number of nitrogens with one attached hydrogen (secondary N) is 1. The van der Waals surface area contributed by atoms with Crippen LogP contribution in [0.5, 0.6) is 0 Å². The summed E-state index contributed by atoms with van der Waals surface area (Å²) in [5, 5.41) is 11.6. The first-order valence-electron chi connectivity index (χ1n) is 8.37. The van der Waals surface area contributed by atoms with Crippen LogP contribution in [0.4, 0.5) is 0 Å². The van der Waals surface area contributed by atoms with E-state index in [1.54, 1.807) is 10.9 Å². The Morgan fingerprint density at radius 3 is 2.79 bits per heavy atom. The predicted octanol–water partition coefficient (Wildman–Crippen LogP) is 0.691. The average Bonchev–Trinajstić information content (AvgIpc) is 3.24. The molecule has 0 unspecified atom stereocenters. The van der Waals surface area contributed by atoms with E-state index in [0.29, 0.717) is 6.54 Å². The number of aryl methyl sites for hydroxylation is 1. The number of rotatable bonds is 5. The molecule has 1 aliphatic heterocycles. The van der Waals surface area contributed by atoms with Crippen LogP contribution in [0.3, 0.4) is 0 Å². The second-order valence-corrected chi connectivity index (χ2v) is 5.95. The highest BCUT2D eigenvalue weighted by molar-refractivity contribution is 5.80. The molecule has 1 saturated heterocycles. The van der Waals surface area contributed by atoms with Gasteiger partial charge in [-0.05, 0) is 6.92 Å². The average molecular weight is 331 g/mol. The number of aromatic nitrogens is 3. The Kier molecular flexibility index (Phi) is 5.47. The van der Waals surface area contributed by atoms with Gasteiger partial charge in [0.2, 0.25) is 0 Å². The maximum atomic E-state index is 4.90. The minimum Gasteiger partial charge on any atom is -0.364 e. The summed E-state index contributed by atoms with van der Waals surface area (Å²) in [6, 6.07) is 1.92. The summed E-state index contributed by atoms with van der Waals surface area (Å²) >= 11 is 0. The standard InChI is InChI=1S/C16H25N7O/c1-3-17-16(18-10-14-11-19-21(2)12-14)23-7-5-22(6-8-23)13-15-4-9-24-20-15/h4,9,11-12H,3,5-8,10,13H2,1-2H3,(H,17,18). The molecule has 2 aromatic heterocycles. The first kappa shape index (κ1) is 16.5. The van der Waals surface area contributed by atoms with Crippen LogP contribution in [0.15, 0.2) is 34.2 Å². The minimum absolute atomic E-state index is 0.648. The monoisotopic (exact) mass is 331 g/mol. The van der Waals surface area contributed by atoms with Gasteiger partial charge in [-0.2, -0.15) is 5.10 Å². The second kappa shape index (κ2) is 7.96. The van der Waals surface area contributed by atoms with E-state index < -0.39 is 0 Å². The van der Waals surface area contributed by atoms with Gasteiger partial charge in [-0.25, -0.2) is 4.99 Å². The number of hydrogen-bond donors (Lipinski definition) is 1. The Morgan fingerprint density at radius 2 is 2.17 bits per heavy atom. The Bertz CT molecular complexity index is 641. The van der Waals surface area contributed by atoms with Gasteiger partial charge in [0.05, 0.1) is 18.4 Å². The molecule has 0 bridgehead atoms. The zero-order valence-electron chi connectivity index (χ0n) is 14.4. The largest absolute Gasteiger partial charge is 0.364 e. The molecule has 0 radical (unpaired) electrons. The molecule has 3 heterocycles. The Balaban J connectivity index is 1.54. The van der Waals surface area contributed by atoms with Crippen LogP contribution in [-0.2, 0) is 20.1 Å². The zero-order chi connectivity index (χ0) is 16.8. The van der Waals surface area contributed by atoms with Gasteiger partial charge < -0.3 is 14.7 Å². The van der Waals surface area contributed by atoms with Crippen LogP contribution in [0.25, 0.3) is 0 Å². The smallest absolute Gasteiger partial charge is 0.194 e. The highest BCUT2D eigenvalue weighted by Gasteiger charge is 2.20. The molecule has 2 aromatic rings. The number of nitrogens with zero attached hydrogens (tertiary/aromatic N) is 6. The Hall–Kier alpha value is -2.35. The summed E-state index contributed by atoms with van der Waals surface area (Å²) in [6.45, 7) is 8.34. The van der Waals surface area contributed by atoms with Crippen LogP contribution < -0.4 is 5.32 Å². The van der Waals surface area contributed by atoms with Gasteiger partial charge in [0, 0.05) is 64.1 Å². The first-order valence-corrected chi connectivity index (χ1v) is 8.37. The van der Waals surface area contributed by atoms with E-state index in [-0.39, 0.29) is 0 Å². The normalized spacial score (nSPS) is 16.6. The fourth-order valence-corrected chi connectivity index (χ4v) is 2.81. The van der Waals surface area contributed by atoms with Gasteiger partial charge in [-0.15, -0.1) is 0 Å². The summed E-state index contributed by atoms with van der Waals surface area (Å²) in [6.07, 6.45) is 5.49. The third kappa shape index (κ3) is 4.35. The molecule has 0 saturated carbocycles. The molecule has 1 N–H and O–H groups in total. The Labute approximate surface area is 142 Å². The molecular weight excluding hydrogens is 306 g/mol. The lowest BCUT2D eigenvalue weighted by Gasteiger charge is -2.36. The first-order chi connectivity index (χ1) is 11.7. The number of piperazine rings is 1. The number of guanidine groups is 1. The van der Waals surface area contributed by atoms with Crippen molar-refractivity contribution in [3.8, 4) is 0 Å². The molecule has 1 aliphatic rings. The quantitative estimate of drug-likeness (QED) is 0.642. The Morgan fingerprint density at radius 1 is 1.33 bits per heavy atom. The van der Waals surface area contributed by atoms with E-state index in [2.05, 4.69) is 32.3 Å². The molecule has 8 nitrogen and oxygen atoms in total. The highest BCUT2D eigenvalue weighted by Crippen LogP contribution is 2.08. The van der Waals surface area contributed by atoms with Gasteiger partial charge in [0.15, 0.2) is 5.96 Å². The fourth-order valence-electron chi connectivity index (χ4n) is 2.81. The van der Waals surface area contributed by atoms with Gasteiger partial charge in [0.1, 0.15) is 6.26 Å². The van der Waals surface area contributed by atoms with E-state index in [1.807, 2.05) is 25.5 Å². The molecule has 0 aliphatic carbocycles. The maximum absolute atomic E-state index is 4.90. The third-order valence-electron chi connectivity index (χ3n) is 4.05. The van der Waals surface area contributed by atoms with E-state index >= 15 is 0 Å². The van der Waals surface area contributed by atoms with Crippen LogP contribution in [0, 0.1) is 0 Å². The number of hydrogen-bond acceptors (Lipinski definition) is 5. The maximum Gasteiger partial charge on any atom is 0.194 e. The molecular formula is C16H25N7O. The fraction of sp³-hybridized carbons (Fsp3) is 0.562. The van der Waals surface area contributed by atoms with E-state index in [9.17, 15) is 0 Å². The topological polar surface area (TPSA) is 74.7 Å². The van der Waals surface area contributed by atoms with Crippen LogP contribution >= 0.6 is 0 Å². The van der Waals surface area contributed by atoms with Gasteiger partial charge in [0.25, 0.3) is 0 Å². The van der Waals surface area contributed by atoms with E-state index in [1.165, 1.54) is 0 Å². The molecule has 3 rings (SSSR count). The van der Waals surface area contributed by atoms with E-state index in [4.69, 9.17) is 9.52 Å².